The first-order valence-corrected chi connectivity index (χ1v) is 5.33. The van der Waals surface area contributed by atoms with Gasteiger partial charge in [0.25, 0.3) is 0 Å². The average molecular weight is 195 g/mol. The van der Waals surface area contributed by atoms with Gasteiger partial charge in [0.15, 0.2) is 0 Å². The molecule has 2 rings (SSSR count). The Morgan fingerprint density at radius 2 is 2.43 bits per heavy atom. The summed E-state index contributed by atoms with van der Waals surface area (Å²) >= 11 is 0. The van der Waals surface area contributed by atoms with Crippen LogP contribution in [0.1, 0.15) is 26.2 Å². The van der Waals surface area contributed by atoms with Gasteiger partial charge in [-0.1, -0.05) is 6.08 Å². The van der Waals surface area contributed by atoms with Crippen LogP contribution in [0.2, 0.25) is 0 Å². The molecule has 1 fully saturated rings. The zero-order valence-corrected chi connectivity index (χ0v) is 8.82. The number of likely N-dealkylation sites (N-methyl/N-ethyl adjacent to an activating group) is 1. The molecule has 0 aliphatic carbocycles. The van der Waals surface area contributed by atoms with Gasteiger partial charge in [-0.3, -0.25) is 4.90 Å². The summed E-state index contributed by atoms with van der Waals surface area (Å²) in [6.07, 6.45) is 5.38. The maximum absolute atomic E-state index is 11.6. The third-order valence-corrected chi connectivity index (χ3v) is 3.32. The maximum atomic E-state index is 11.6. The van der Waals surface area contributed by atoms with E-state index in [2.05, 4.69) is 18.0 Å². The highest BCUT2D eigenvalue weighted by molar-refractivity contribution is 5.90. The number of esters is 1. The van der Waals surface area contributed by atoms with Crippen molar-refractivity contribution in [3.63, 3.8) is 0 Å². The Morgan fingerprint density at radius 3 is 3.14 bits per heavy atom. The molecule has 2 aliphatic heterocycles. The molecule has 0 spiro atoms. The minimum absolute atomic E-state index is 0.121. The van der Waals surface area contributed by atoms with Crippen LogP contribution in [0.4, 0.5) is 0 Å². The molecule has 0 aromatic carbocycles. The van der Waals surface area contributed by atoms with Crippen molar-refractivity contribution in [2.24, 2.45) is 0 Å². The minimum atomic E-state index is -0.121. The molecule has 2 aliphatic rings. The largest absolute Gasteiger partial charge is 0.463 e. The lowest BCUT2D eigenvalue weighted by molar-refractivity contribution is -0.139. The van der Waals surface area contributed by atoms with Crippen molar-refractivity contribution in [1.29, 1.82) is 0 Å². The number of carbonyl (C=O) groups excluding carboxylic acids is 1. The summed E-state index contributed by atoms with van der Waals surface area (Å²) < 4.78 is 5.05. The Hall–Kier alpha value is -0.830. The van der Waals surface area contributed by atoms with E-state index in [4.69, 9.17) is 4.74 Å². The SMILES string of the molecule is CCOC(=O)C1=CCC2CCC1N2C. The van der Waals surface area contributed by atoms with Gasteiger partial charge in [0, 0.05) is 12.1 Å². The second-order valence-corrected chi connectivity index (χ2v) is 4.03. The van der Waals surface area contributed by atoms with E-state index in [9.17, 15) is 4.79 Å². The van der Waals surface area contributed by atoms with Crippen LogP contribution in [0.15, 0.2) is 11.6 Å². The van der Waals surface area contributed by atoms with Crippen molar-refractivity contribution in [2.45, 2.75) is 38.3 Å². The highest BCUT2D eigenvalue weighted by Gasteiger charge is 2.38. The monoisotopic (exact) mass is 195 g/mol. The molecule has 2 bridgehead atoms. The Labute approximate surface area is 84.7 Å². The zero-order valence-electron chi connectivity index (χ0n) is 8.82. The zero-order chi connectivity index (χ0) is 10.1. The molecule has 2 unspecified atom stereocenters. The highest BCUT2D eigenvalue weighted by atomic mass is 16.5. The molecule has 3 nitrogen and oxygen atoms in total. The van der Waals surface area contributed by atoms with Gasteiger partial charge >= 0.3 is 5.97 Å². The van der Waals surface area contributed by atoms with E-state index in [1.54, 1.807) is 0 Å². The van der Waals surface area contributed by atoms with Crippen molar-refractivity contribution >= 4 is 5.97 Å². The number of carbonyl (C=O) groups is 1. The fourth-order valence-electron chi connectivity index (χ4n) is 2.50. The number of rotatable bonds is 2. The number of fused-ring (bicyclic) bond motifs is 2. The van der Waals surface area contributed by atoms with Crippen LogP contribution in [0, 0.1) is 0 Å². The second kappa shape index (κ2) is 3.73. The van der Waals surface area contributed by atoms with Crippen molar-refractivity contribution in [1.82, 2.24) is 4.90 Å². The molecule has 2 heterocycles. The standard InChI is InChI=1S/C11H17NO2/c1-3-14-11(13)9-6-4-8-5-7-10(9)12(8)2/h6,8,10H,3-5,7H2,1-2H3. The molecule has 0 aromatic rings. The molecule has 78 valence electrons. The number of nitrogens with zero attached hydrogens (tertiary/aromatic N) is 1. The highest BCUT2D eigenvalue weighted by Crippen LogP contribution is 2.34. The first-order chi connectivity index (χ1) is 6.74. The van der Waals surface area contributed by atoms with Crippen molar-refractivity contribution in [3.8, 4) is 0 Å². The van der Waals surface area contributed by atoms with Gasteiger partial charge in [0.1, 0.15) is 0 Å². The van der Waals surface area contributed by atoms with Gasteiger partial charge in [-0.25, -0.2) is 4.79 Å². The van der Waals surface area contributed by atoms with Crippen LogP contribution >= 0.6 is 0 Å². The summed E-state index contributed by atoms with van der Waals surface area (Å²) in [5, 5.41) is 0. The lowest BCUT2D eigenvalue weighted by Crippen LogP contribution is -2.38. The van der Waals surface area contributed by atoms with Gasteiger partial charge in [-0.15, -0.1) is 0 Å². The molecule has 3 heteroatoms. The molecule has 0 N–H and O–H groups in total. The van der Waals surface area contributed by atoms with Gasteiger partial charge in [0.2, 0.25) is 0 Å². The number of ether oxygens (including phenoxy) is 1. The van der Waals surface area contributed by atoms with E-state index in [1.165, 1.54) is 6.42 Å². The summed E-state index contributed by atoms with van der Waals surface area (Å²) in [6, 6.07) is 0.964. The third-order valence-electron chi connectivity index (χ3n) is 3.32. The molecule has 0 aromatic heterocycles. The molecule has 1 saturated heterocycles. The van der Waals surface area contributed by atoms with E-state index in [0.717, 1.165) is 18.4 Å². The summed E-state index contributed by atoms with van der Waals surface area (Å²) in [7, 11) is 2.11. The molecule has 2 atom stereocenters. The normalized spacial score (nSPS) is 31.4. The lowest BCUT2D eigenvalue weighted by Gasteiger charge is -2.30. The quantitative estimate of drug-likeness (QED) is 0.623. The van der Waals surface area contributed by atoms with Crippen molar-refractivity contribution < 1.29 is 9.53 Å². The summed E-state index contributed by atoms with van der Waals surface area (Å²) in [5.41, 5.74) is 0.878. The Balaban J connectivity index is 2.13. The van der Waals surface area contributed by atoms with E-state index >= 15 is 0 Å². The number of hydrogen-bond donors (Lipinski definition) is 0. The second-order valence-electron chi connectivity index (χ2n) is 4.03. The van der Waals surface area contributed by atoms with E-state index in [-0.39, 0.29) is 5.97 Å². The van der Waals surface area contributed by atoms with Crippen molar-refractivity contribution in [3.05, 3.63) is 11.6 Å². The fraction of sp³-hybridized carbons (Fsp3) is 0.727. The summed E-state index contributed by atoms with van der Waals surface area (Å²) in [5.74, 6) is -0.121. The molecule has 0 radical (unpaired) electrons. The molecule has 0 saturated carbocycles. The van der Waals surface area contributed by atoms with E-state index in [0.29, 0.717) is 18.7 Å². The molecular formula is C11H17NO2. The van der Waals surface area contributed by atoms with Crippen LogP contribution in [-0.4, -0.2) is 36.6 Å². The number of hydrogen-bond acceptors (Lipinski definition) is 3. The smallest absolute Gasteiger partial charge is 0.335 e. The first-order valence-electron chi connectivity index (χ1n) is 5.33. The Bertz CT molecular complexity index is 272. The van der Waals surface area contributed by atoms with E-state index < -0.39 is 0 Å². The minimum Gasteiger partial charge on any atom is -0.463 e. The maximum Gasteiger partial charge on any atom is 0.335 e. The molecule has 0 amide bonds. The van der Waals surface area contributed by atoms with Gasteiger partial charge in [-0.05, 0) is 33.2 Å². The van der Waals surface area contributed by atoms with Crippen molar-refractivity contribution in [2.75, 3.05) is 13.7 Å². The third kappa shape index (κ3) is 1.46. The topological polar surface area (TPSA) is 29.5 Å². The molecular weight excluding hydrogens is 178 g/mol. The van der Waals surface area contributed by atoms with Crippen LogP contribution in [0.25, 0.3) is 0 Å². The first kappa shape index (κ1) is 9.71. The summed E-state index contributed by atoms with van der Waals surface area (Å²) in [4.78, 5) is 13.9. The molecule has 14 heavy (non-hydrogen) atoms. The van der Waals surface area contributed by atoms with Gasteiger partial charge in [-0.2, -0.15) is 0 Å². The summed E-state index contributed by atoms with van der Waals surface area (Å²) in [6.45, 7) is 2.32. The van der Waals surface area contributed by atoms with Crippen LogP contribution in [0.5, 0.6) is 0 Å². The Kier molecular flexibility index (Phi) is 2.59. The lowest BCUT2D eigenvalue weighted by atomic mass is 10.0. The fourth-order valence-corrected chi connectivity index (χ4v) is 2.50. The Morgan fingerprint density at radius 1 is 1.64 bits per heavy atom. The van der Waals surface area contributed by atoms with Crippen LogP contribution < -0.4 is 0 Å². The average Bonchev–Trinajstić information content (AvgIpc) is 2.42. The van der Waals surface area contributed by atoms with Crippen LogP contribution in [-0.2, 0) is 9.53 Å². The van der Waals surface area contributed by atoms with Gasteiger partial charge in [0.05, 0.1) is 12.2 Å². The predicted molar refractivity (Wildman–Crippen MR) is 53.9 cm³/mol. The van der Waals surface area contributed by atoms with E-state index in [1.807, 2.05) is 6.92 Å². The van der Waals surface area contributed by atoms with Crippen LogP contribution in [0.3, 0.4) is 0 Å². The predicted octanol–water partition coefficient (Wildman–Crippen LogP) is 1.34. The van der Waals surface area contributed by atoms with Gasteiger partial charge < -0.3 is 4.74 Å².